The molecule has 1 fully saturated rings. The highest BCUT2D eigenvalue weighted by molar-refractivity contribution is 7.88. The Kier molecular flexibility index (Phi) is 7.69. The molecule has 0 aliphatic carbocycles. The van der Waals surface area contributed by atoms with E-state index in [0.717, 1.165) is 0 Å². The first kappa shape index (κ1) is 23.7. The molecule has 1 N–H and O–H groups in total. The third-order valence-corrected chi connectivity index (χ3v) is 7.55. The van der Waals surface area contributed by atoms with Gasteiger partial charge in [-0.3, -0.25) is 4.79 Å². The van der Waals surface area contributed by atoms with Gasteiger partial charge in [-0.25, -0.2) is 12.7 Å². The van der Waals surface area contributed by atoms with Gasteiger partial charge in [-0.05, 0) is 42.7 Å². The highest BCUT2D eigenvalue weighted by atomic mass is 35.5. The molecule has 0 bridgehead atoms. The minimum Gasteiger partial charge on any atom is -0.497 e. The molecule has 168 valence electrons. The van der Waals surface area contributed by atoms with Crippen molar-refractivity contribution in [2.75, 3.05) is 32.6 Å². The number of hydrogen-bond acceptors (Lipinski definition) is 5. The SMILES string of the molecule is COc1ccc(OC)c(NC(=O)[C@@H]2CCCN(S(=O)(=O)Cc3ccc(Cl)cc3Cl)C2)c1. The number of hydrogen-bond donors (Lipinski definition) is 1. The van der Waals surface area contributed by atoms with Crippen LogP contribution < -0.4 is 14.8 Å². The normalized spacial score (nSPS) is 17.2. The largest absolute Gasteiger partial charge is 0.497 e. The molecule has 10 heteroatoms. The smallest absolute Gasteiger partial charge is 0.228 e. The fraction of sp³-hybridized carbons (Fsp3) is 0.381. The van der Waals surface area contributed by atoms with Crippen LogP contribution in [0.3, 0.4) is 0 Å². The van der Waals surface area contributed by atoms with Crippen LogP contribution in [0.4, 0.5) is 5.69 Å². The molecule has 3 rings (SSSR count). The van der Waals surface area contributed by atoms with E-state index in [1.54, 1.807) is 30.3 Å². The van der Waals surface area contributed by atoms with Gasteiger partial charge in [0.2, 0.25) is 15.9 Å². The number of nitrogens with one attached hydrogen (secondary N) is 1. The number of rotatable bonds is 7. The van der Waals surface area contributed by atoms with Crippen molar-refractivity contribution in [2.24, 2.45) is 5.92 Å². The average Bonchev–Trinajstić information content (AvgIpc) is 2.75. The lowest BCUT2D eigenvalue weighted by atomic mass is 9.98. The molecule has 1 aliphatic heterocycles. The molecule has 1 atom stereocenters. The average molecular weight is 487 g/mol. The third kappa shape index (κ3) is 5.83. The van der Waals surface area contributed by atoms with Crippen LogP contribution in [0.25, 0.3) is 0 Å². The summed E-state index contributed by atoms with van der Waals surface area (Å²) in [6.45, 7) is 0.464. The van der Waals surface area contributed by atoms with Gasteiger partial charge in [0.15, 0.2) is 0 Å². The van der Waals surface area contributed by atoms with Gasteiger partial charge in [-0.2, -0.15) is 0 Å². The monoisotopic (exact) mass is 486 g/mol. The van der Waals surface area contributed by atoms with Crippen LogP contribution in [-0.4, -0.2) is 45.9 Å². The quantitative estimate of drug-likeness (QED) is 0.633. The van der Waals surface area contributed by atoms with Crippen LogP contribution in [0.1, 0.15) is 18.4 Å². The van der Waals surface area contributed by atoms with Crippen molar-refractivity contribution < 1.29 is 22.7 Å². The molecular weight excluding hydrogens is 463 g/mol. The molecule has 0 unspecified atom stereocenters. The molecule has 31 heavy (non-hydrogen) atoms. The number of carbonyl (C=O) groups excluding carboxylic acids is 1. The van der Waals surface area contributed by atoms with Crippen molar-refractivity contribution in [3.63, 3.8) is 0 Å². The minimum absolute atomic E-state index is 0.103. The van der Waals surface area contributed by atoms with E-state index in [9.17, 15) is 13.2 Å². The topological polar surface area (TPSA) is 84.9 Å². The number of halogens is 2. The first-order valence-electron chi connectivity index (χ1n) is 9.68. The molecule has 1 saturated heterocycles. The lowest BCUT2D eigenvalue weighted by Gasteiger charge is -2.31. The maximum absolute atomic E-state index is 13.0. The van der Waals surface area contributed by atoms with Gasteiger partial charge < -0.3 is 14.8 Å². The van der Waals surface area contributed by atoms with E-state index in [2.05, 4.69) is 5.32 Å². The lowest BCUT2D eigenvalue weighted by Crippen LogP contribution is -2.44. The van der Waals surface area contributed by atoms with E-state index in [1.165, 1.54) is 24.6 Å². The molecule has 0 spiro atoms. The molecule has 0 radical (unpaired) electrons. The van der Waals surface area contributed by atoms with E-state index >= 15 is 0 Å². The summed E-state index contributed by atoms with van der Waals surface area (Å²) in [7, 11) is -0.613. The van der Waals surface area contributed by atoms with Gasteiger partial charge in [-0.15, -0.1) is 0 Å². The van der Waals surface area contributed by atoms with Gasteiger partial charge in [-0.1, -0.05) is 29.3 Å². The number of benzene rings is 2. The highest BCUT2D eigenvalue weighted by Crippen LogP contribution is 2.31. The summed E-state index contributed by atoms with van der Waals surface area (Å²) in [4.78, 5) is 12.9. The number of amides is 1. The van der Waals surface area contributed by atoms with Crippen molar-refractivity contribution in [1.82, 2.24) is 4.31 Å². The Morgan fingerprint density at radius 1 is 1.16 bits per heavy atom. The Hall–Kier alpha value is -2.00. The first-order chi connectivity index (χ1) is 14.7. The molecule has 2 aromatic carbocycles. The molecule has 1 amide bonds. The number of carbonyl (C=O) groups is 1. The van der Waals surface area contributed by atoms with E-state index in [1.807, 2.05) is 0 Å². The van der Waals surface area contributed by atoms with Crippen LogP contribution in [0.5, 0.6) is 11.5 Å². The summed E-state index contributed by atoms with van der Waals surface area (Å²) in [5.41, 5.74) is 0.943. The molecule has 2 aromatic rings. The predicted molar refractivity (Wildman–Crippen MR) is 122 cm³/mol. The number of nitrogens with zero attached hydrogens (tertiary/aromatic N) is 1. The summed E-state index contributed by atoms with van der Waals surface area (Å²) in [6.07, 6.45) is 1.17. The van der Waals surface area contributed by atoms with Gasteiger partial charge in [0.1, 0.15) is 11.5 Å². The van der Waals surface area contributed by atoms with Gasteiger partial charge in [0.05, 0.1) is 31.6 Å². The number of methoxy groups -OCH3 is 2. The zero-order valence-corrected chi connectivity index (χ0v) is 19.6. The maximum Gasteiger partial charge on any atom is 0.228 e. The van der Waals surface area contributed by atoms with Crippen LogP contribution in [0.2, 0.25) is 10.0 Å². The Balaban J connectivity index is 1.71. The molecule has 0 aromatic heterocycles. The zero-order chi connectivity index (χ0) is 22.6. The first-order valence-corrected chi connectivity index (χ1v) is 12.0. The summed E-state index contributed by atoms with van der Waals surface area (Å²) in [5, 5.41) is 3.58. The number of sulfonamides is 1. The summed E-state index contributed by atoms with van der Waals surface area (Å²) < 4.78 is 37.8. The van der Waals surface area contributed by atoms with Gasteiger partial charge in [0.25, 0.3) is 0 Å². The van der Waals surface area contributed by atoms with Crippen LogP contribution >= 0.6 is 23.2 Å². The van der Waals surface area contributed by atoms with Crippen LogP contribution in [0, 0.1) is 5.92 Å². The van der Waals surface area contributed by atoms with Crippen molar-refractivity contribution in [1.29, 1.82) is 0 Å². The highest BCUT2D eigenvalue weighted by Gasteiger charge is 2.33. The van der Waals surface area contributed by atoms with Gasteiger partial charge >= 0.3 is 0 Å². The second kappa shape index (κ2) is 10.1. The fourth-order valence-electron chi connectivity index (χ4n) is 3.48. The second-order valence-electron chi connectivity index (χ2n) is 7.24. The van der Waals surface area contributed by atoms with Crippen molar-refractivity contribution >= 4 is 44.8 Å². The summed E-state index contributed by atoms with van der Waals surface area (Å²) >= 11 is 12.0. The Morgan fingerprint density at radius 2 is 1.94 bits per heavy atom. The molecule has 1 aliphatic rings. The summed E-state index contributed by atoms with van der Waals surface area (Å²) in [5.74, 6) is 0.0628. The van der Waals surface area contributed by atoms with Crippen molar-refractivity contribution in [3.8, 4) is 11.5 Å². The third-order valence-electron chi connectivity index (χ3n) is 5.17. The zero-order valence-electron chi connectivity index (χ0n) is 17.2. The number of piperidine rings is 1. The predicted octanol–water partition coefficient (Wildman–Crippen LogP) is 4.19. The van der Waals surface area contributed by atoms with E-state index in [4.69, 9.17) is 32.7 Å². The Morgan fingerprint density at radius 3 is 2.61 bits per heavy atom. The number of anilines is 1. The molecular formula is C21H24Cl2N2O5S. The van der Waals surface area contributed by atoms with Gasteiger partial charge in [0, 0.05) is 29.2 Å². The standard InChI is InChI=1S/C21H24Cl2N2O5S/c1-29-17-7-8-20(30-2)19(11-17)24-21(26)14-4-3-9-25(12-14)31(27,28)13-15-5-6-16(22)10-18(15)23/h5-8,10-11,14H,3-4,9,12-13H2,1-2H3,(H,24,26)/t14-/m1/s1. The van der Waals surface area contributed by atoms with Crippen molar-refractivity contribution in [3.05, 3.63) is 52.0 Å². The van der Waals surface area contributed by atoms with Crippen LogP contribution in [-0.2, 0) is 20.6 Å². The van der Waals surface area contributed by atoms with Crippen LogP contribution in [0.15, 0.2) is 36.4 Å². The summed E-state index contributed by atoms with van der Waals surface area (Å²) in [6, 6.07) is 9.81. The molecule has 0 saturated carbocycles. The minimum atomic E-state index is -3.65. The maximum atomic E-state index is 13.0. The van der Waals surface area contributed by atoms with E-state index < -0.39 is 15.9 Å². The van der Waals surface area contributed by atoms with Crippen molar-refractivity contribution in [2.45, 2.75) is 18.6 Å². The second-order valence-corrected chi connectivity index (χ2v) is 10.1. The Bertz CT molecular complexity index is 1060. The van der Waals surface area contributed by atoms with E-state index in [0.29, 0.717) is 52.2 Å². The lowest BCUT2D eigenvalue weighted by molar-refractivity contribution is -0.120. The Labute approximate surface area is 192 Å². The van der Waals surface area contributed by atoms with E-state index in [-0.39, 0.29) is 18.2 Å². The number of ether oxygens (including phenoxy) is 2. The fourth-order valence-corrected chi connectivity index (χ4v) is 5.68. The molecule has 7 nitrogen and oxygen atoms in total. The molecule has 1 heterocycles.